The smallest absolute Gasteiger partial charge is 0.410 e. The molecule has 0 aliphatic carbocycles. The van der Waals surface area contributed by atoms with Crippen LogP contribution >= 0.6 is 0 Å². The number of H-pyrrole nitrogens is 1. The van der Waals surface area contributed by atoms with Crippen molar-refractivity contribution in [2.75, 3.05) is 13.7 Å². The molecule has 0 bridgehead atoms. The molecule has 1 aliphatic heterocycles. The normalized spacial score (nSPS) is 16.4. The van der Waals surface area contributed by atoms with E-state index in [-0.39, 0.29) is 18.9 Å². The van der Waals surface area contributed by atoms with Gasteiger partial charge in [0.25, 0.3) is 0 Å². The third-order valence-corrected chi connectivity index (χ3v) is 5.90. The molecule has 2 aromatic carbocycles. The van der Waals surface area contributed by atoms with Gasteiger partial charge in [-0.15, -0.1) is 0 Å². The minimum atomic E-state index is -0.871. The fourth-order valence-corrected chi connectivity index (χ4v) is 4.18. The molecule has 4 rings (SSSR count). The lowest BCUT2D eigenvalue weighted by Gasteiger charge is -2.25. The molecule has 3 aromatic rings. The molecule has 2 unspecified atom stereocenters. The summed E-state index contributed by atoms with van der Waals surface area (Å²) in [5.74, 6) is -0.927. The van der Waals surface area contributed by atoms with Gasteiger partial charge in [0.15, 0.2) is 0 Å². The summed E-state index contributed by atoms with van der Waals surface area (Å²) < 4.78 is 10.3. The molecule has 0 radical (unpaired) electrons. The maximum absolute atomic E-state index is 13.1. The van der Waals surface area contributed by atoms with E-state index < -0.39 is 24.1 Å². The molecule has 33 heavy (non-hydrogen) atoms. The summed E-state index contributed by atoms with van der Waals surface area (Å²) in [5, 5.41) is 3.77. The largest absolute Gasteiger partial charge is 0.467 e. The highest BCUT2D eigenvalue weighted by Crippen LogP contribution is 2.22. The van der Waals surface area contributed by atoms with E-state index >= 15 is 0 Å². The number of amides is 2. The first kappa shape index (κ1) is 22.4. The van der Waals surface area contributed by atoms with Crippen molar-refractivity contribution in [2.24, 2.45) is 0 Å². The molecule has 2 atom stereocenters. The highest BCUT2D eigenvalue weighted by Gasteiger charge is 2.37. The molecular formula is C25H27N3O5. The summed E-state index contributed by atoms with van der Waals surface area (Å²) in [4.78, 5) is 42.8. The number of para-hydroxylation sites is 1. The average molecular weight is 450 g/mol. The lowest BCUT2D eigenvalue weighted by Crippen LogP contribution is -2.51. The second-order valence-corrected chi connectivity index (χ2v) is 8.04. The van der Waals surface area contributed by atoms with Gasteiger partial charge in [-0.2, -0.15) is 0 Å². The summed E-state index contributed by atoms with van der Waals surface area (Å²) >= 11 is 0. The Morgan fingerprint density at radius 2 is 1.88 bits per heavy atom. The quantitative estimate of drug-likeness (QED) is 0.540. The lowest BCUT2D eigenvalue weighted by atomic mass is 10.0. The molecule has 2 amide bonds. The Hall–Kier alpha value is -3.81. The number of fused-ring (bicyclic) bond motifs is 1. The van der Waals surface area contributed by atoms with Crippen LogP contribution in [0.3, 0.4) is 0 Å². The van der Waals surface area contributed by atoms with Gasteiger partial charge in [-0.05, 0) is 30.0 Å². The van der Waals surface area contributed by atoms with Gasteiger partial charge >= 0.3 is 12.1 Å². The van der Waals surface area contributed by atoms with E-state index in [1.807, 2.05) is 60.8 Å². The van der Waals surface area contributed by atoms with Crippen molar-refractivity contribution in [3.05, 3.63) is 71.9 Å². The third kappa shape index (κ3) is 5.16. The Morgan fingerprint density at radius 3 is 2.67 bits per heavy atom. The molecule has 2 heterocycles. The van der Waals surface area contributed by atoms with E-state index in [1.165, 1.54) is 12.0 Å². The first-order valence-electron chi connectivity index (χ1n) is 11.0. The molecule has 1 aliphatic rings. The molecule has 8 nitrogen and oxygen atoms in total. The van der Waals surface area contributed by atoms with E-state index in [1.54, 1.807) is 0 Å². The highest BCUT2D eigenvalue weighted by atomic mass is 16.6. The van der Waals surface area contributed by atoms with Gasteiger partial charge in [-0.3, -0.25) is 9.69 Å². The van der Waals surface area contributed by atoms with E-state index in [0.29, 0.717) is 19.4 Å². The number of likely N-dealkylation sites (tertiary alicyclic amines) is 1. The number of methoxy groups -OCH3 is 1. The molecule has 0 saturated carbocycles. The molecule has 8 heteroatoms. The zero-order valence-electron chi connectivity index (χ0n) is 18.5. The lowest BCUT2D eigenvalue weighted by molar-refractivity contribution is -0.145. The van der Waals surface area contributed by atoms with Gasteiger partial charge in [-0.25, -0.2) is 9.59 Å². The Morgan fingerprint density at radius 1 is 1.12 bits per heavy atom. The number of aromatic nitrogens is 1. The van der Waals surface area contributed by atoms with Crippen molar-refractivity contribution in [3.63, 3.8) is 0 Å². The van der Waals surface area contributed by atoms with Crippen molar-refractivity contribution < 1.29 is 23.9 Å². The number of carbonyl (C=O) groups is 3. The van der Waals surface area contributed by atoms with Crippen LogP contribution in [0.25, 0.3) is 10.9 Å². The van der Waals surface area contributed by atoms with Crippen LogP contribution in [0.1, 0.15) is 24.0 Å². The zero-order valence-corrected chi connectivity index (χ0v) is 18.5. The number of rotatable bonds is 7. The van der Waals surface area contributed by atoms with Gasteiger partial charge in [0.1, 0.15) is 18.7 Å². The average Bonchev–Trinajstić information content (AvgIpc) is 3.50. The maximum Gasteiger partial charge on any atom is 0.410 e. The Labute approximate surface area is 191 Å². The Bertz CT molecular complexity index is 1130. The second kappa shape index (κ2) is 10.2. The van der Waals surface area contributed by atoms with Crippen LogP contribution in [-0.2, 0) is 32.1 Å². The number of nitrogens with one attached hydrogen (secondary N) is 2. The Kier molecular flexibility index (Phi) is 6.92. The van der Waals surface area contributed by atoms with E-state index in [2.05, 4.69) is 10.3 Å². The molecule has 1 aromatic heterocycles. The number of esters is 1. The minimum Gasteiger partial charge on any atom is -0.467 e. The second-order valence-electron chi connectivity index (χ2n) is 8.04. The first-order chi connectivity index (χ1) is 16.1. The van der Waals surface area contributed by atoms with E-state index in [9.17, 15) is 14.4 Å². The summed E-state index contributed by atoms with van der Waals surface area (Å²) in [5.41, 5.74) is 2.72. The first-order valence-corrected chi connectivity index (χ1v) is 11.0. The molecule has 1 saturated heterocycles. The van der Waals surface area contributed by atoms with Crippen molar-refractivity contribution in [2.45, 2.75) is 38.0 Å². The number of carbonyl (C=O) groups excluding carboxylic acids is 3. The van der Waals surface area contributed by atoms with Crippen LogP contribution in [0, 0.1) is 0 Å². The molecular weight excluding hydrogens is 422 g/mol. The number of hydrogen-bond donors (Lipinski definition) is 2. The number of ether oxygens (including phenoxy) is 2. The van der Waals surface area contributed by atoms with Crippen LogP contribution in [0.15, 0.2) is 60.8 Å². The maximum atomic E-state index is 13.1. The van der Waals surface area contributed by atoms with Crippen LogP contribution in [0.5, 0.6) is 0 Å². The van der Waals surface area contributed by atoms with E-state index in [0.717, 1.165) is 22.0 Å². The van der Waals surface area contributed by atoms with Crippen molar-refractivity contribution >= 4 is 28.9 Å². The predicted octanol–water partition coefficient (Wildman–Crippen LogP) is 3.17. The minimum absolute atomic E-state index is 0.135. The van der Waals surface area contributed by atoms with Gasteiger partial charge in [0.2, 0.25) is 5.91 Å². The van der Waals surface area contributed by atoms with Gasteiger partial charge in [0.05, 0.1) is 7.11 Å². The van der Waals surface area contributed by atoms with Gasteiger partial charge < -0.3 is 19.8 Å². The SMILES string of the molecule is COC(=O)C(Cc1c[nH]c2ccccc12)NC(=O)C1CCCN1C(=O)OCc1ccccc1. The summed E-state index contributed by atoms with van der Waals surface area (Å²) in [6.45, 7) is 0.562. The molecule has 172 valence electrons. The van der Waals surface area contributed by atoms with Crippen LogP contribution in [-0.4, -0.2) is 53.6 Å². The number of aromatic amines is 1. The summed E-state index contributed by atoms with van der Waals surface area (Å²) in [7, 11) is 1.29. The van der Waals surface area contributed by atoms with Crippen molar-refractivity contribution in [3.8, 4) is 0 Å². The van der Waals surface area contributed by atoms with Crippen LogP contribution in [0.4, 0.5) is 4.79 Å². The fourth-order valence-electron chi connectivity index (χ4n) is 4.18. The fraction of sp³-hybridized carbons (Fsp3) is 0.320. The summed E-state index contributed by atoms with van der Waals surface area (Å²) in [6.07, 6.45) is 2.75. The van der Waals surface area contributed by atoms with Crippen LogP contribution < -0.4 is 5.32 Å². The van der Waals surface area contributed by atoms with Crippen LogP contribution in [0.2, 0.25) is 0 Å². The molecule has 0 spiro atoms. The number of hydrogen-bond acceptors (Lipinski definition) is 5. The number of benzene rings is 2. The van der Waals surface area contributed by atoms with E-state index in [4.69, 9.17) is 9.47 Å². The van der Waals surface area contributed by atoms with Gasteiger partial charge in [-0.1, -0.05) is 48.5 Å². The zero-order chi connectivity index (χ0) is 23.2. The topological polar surface area (TPSA) is 101 Å². The third-order valence-electron chi connectivity index (χ3n) is 5.90. The standard InChI is InChI=1S/C25H27N3O5/c1-32-24(30)21(14-18-15-26-20-11-6-5-10-19(18)20)27-23(29)22-12-7-13-28(22)25(31)33-16-17-8-3-2-4-9-17/h2-6,8-11,15,21-22,26H,7,12-14,16H2,1H3,(H,27,29). The Balaban J connectivity index is 1.42. The van der Waals surface area contributed by atoms with Crippen molar-refractivity contribution in [1.82, 2.24) is 15.2 Å². The predicted molar refractivity (Wildman–Crippen MR) is 122 cm³/mol. The molecule has 2 N–H and O–H groups in total. The molecule has 1 fully saturated rings. The highest BCUT2D eigenvalue weighted by molar-refractivity contribution is 5.91. The monoisotopic (exact) mass is 449 g/mol. The van der Waals surface area contributed by atoms with Gasteiger partial charge in [0, 0.05) is 30.1 Å². The van der Waals surface area contributed by atoms with Crippen molar-refractivity contribution in [1.29, 1.82) is 0 Å². The summed E-state index contributed by atoms with van der Waals surface area (Å²) in [6, 6.07) is 15.6. The number of nitrogens with zero attached hydrogens (tertiary/aromatic N) is 1.